The second-order valence-electron chi connectivity index (χ2n) is 3.89. The molecular weight excluding hydrogens is 248 g/mol. The van der Waals surface area contributed by atoms with Crippen molar-refractivity contribution in [3.8, 4) is 0 Å². The Kier molecular flexibility index (Phi) is 6.37. The van der Waals surface area contributed by atoms with Crippen LogP contribution in [0.2, 0.25) is 0 Å². The Hall–Kier alpha value is -0.740. The van der Waals surface area contributed by atoms with Crippen LogP contribution in [-0.4, -0.2) is 30.1 Å². The van der Waals surface area contributed by atoms with Gasteiger partial charge in [-0.05, 0) is 30.1 Å². The van der Waals surface area contributed by atoms with E-state index in [1.165, 1.54) is 23.6 Å². The molecule has 0 unspecified atom stereocenters. The first-order valence-corrected chi connectivity index (χ1v) is 7.40. The van der Waals surface area contributed by atoms with Crippen LogP contribution < -0.4 is 10.6 Å². The van der Waals surface area contributed by atoms with E-state index in [-0.39, 0.29) is 0 Å². The highest BCUT2D eigenvalue weighted by Gasteiger charge is 2.03. The average Bonchev–Trinajstić information content (AvgIpc) is 2.34. The second-order valence-corrected chi connectivity index (χ2v) is 5.72. The SMILES string of the molecule is CCSCCCN(C)c1cccc(C(N)=S)c1. The fourth-order valence-corrected chi connectivity index (χ4v) is 2.32. The Bertz CT molecular complexity index is 366. The smallest absolute Gasteiger partial charge is 0.104 e. The Balaban J connectivity index is 2.53. The standard InChI is InChI=1S/C13H20N2S2/c1-3-17-9-5-8-15(2)12-7-4-6-11(10-12)13(14)16/h4,6-7,10H,3,5,8-9H2,1-2H3,(H2,14,16). The van der Waals surface area contributed by atoms with E-state index in [4.69, 9.17) is 18.0 Å². The first-order chi connectivity index (χ1) is 8.15. The summed E-state index contributed by atoms with van der Waals surface area (Å²) >= 11 is 6.97. The van der Waals surface area contributed by atoms with Crippen LogP contribution in [0.25, 0.3) is 0 Å². The van der Waals surface area contributed by atoms with Gasteiger partial charge < -0.3 is 10.6 Å². The Morgan fingerprint density at radius 3 is 2.88 bits per heavy atom. The summed E-state index contributed by atoms with van der Waals surface area (Å²) in [7, 11) is 2.11. The maximum atomic E-state index is 5.63. The maximum absolute atomic E-state index is 5.63. The first-order valence-electron chi connectivity index (χ1n) is 5.84. The summed E-state index contributed by atoms with van der Waals surface area (Å²) in [5.74, 6) is 2.41. The van der Waals surface area contributed by atoms with Crippen molar-refractivity contribution in [2.45, 2.75) is 13.3 Å². The van der Waals surface area contributed by atoms with Crippen molar-refractivity contribution in [3.05, 3.63) is 29.8 Å². The van der Waals surface area contributed by atoms with Gasteiger partial charge in [-0.25, -0.2) is 0 Å². The molecular formula is C13H20N2S2. The lowest BCUT2D eigenvalue weighted by molar-refractivity contribution is 0.859. The van der Waals surface area contributed by atoms with Gasteiger partial charge in [-0.2, -0.15) is 11.8 Å². The van der Waals surface area contributed by atoms with Gasteiger partial charge in [0.05, 0.1) is 0 Å². The Labute approximate surface area is 114 Å². The monoisotopic (exact) mass is 268 g/mol. The fourth-order valence-electron chi connectivity index (χ4n) is 1.57. The van der Waals surface area contributed by atoms with Gasteiger partial charge in [-0.3, -0.25) is 0 Å². The minimum atomic E-state index is 0.460. The highest BCUT2D eigenvalue weighted by molar-refractivity contribution is 7.99. The molecule has 0 heterocycles. The molecule has 0 aliphatic rings. The van der Waals surface area contributed by atoms with Crippen molar-refractivity contribution < 1.29 is 0 Å². The van der Waals surface area contributed by atoms with Gasteiger partial charge in [0.2, 0.25) is 0 Å². The molecule has 0 saturated heterocycles. The molecule has 0 aromatic heterocycles. The Morgan fingerprint density at radius 1 is 1.47 bits per heavy atom. The third-order valence-corrected chi connectivity index (χ3v) is 3.78. The molecule has 2 N–H and O–H groups in total. The molecule has 0 fully saturated rings. The number of thiocarbonyl (C=S) groups is 1. The number of benzene rings is 1. The predicted octanol–water partition coefficient (Wildman–Crippen LogP) is 2.90. The van der Waals surface area contributed by atoms with Crippen LogP contribution in [0.3, 0.4) is 0 Å². The zero-order valence-corrected chi connectivity index (χ0v) is 12.1. The third-order valence-electron chi connectivity index (χ3n) is 2.56. The van der Waals surface area contributed by atoms with Gasteiger partial charge in [-0.1, -0.05) is 31.3 Å². The zero-order valence-electron chi connectivity index (χ0n) is 10.5. The maximum Gasteiger partial charge on any atom is 0.104 e. The number of nitrogens with two attached hydrogens (primary N) is 1. The molecule has 2 nitrogen and oxygen atoms in total. The highest BCUT2D eigenvalue weighted by atomic mass is 32.2. The van der Waals surface area contributed by atoms with Crippen molar-refractivity contribution in [1.29, 1.82) is 0 Å². The molecule has 0 atom stereocenters. The van der Waals surface area contributed by atoms with Crippen LogP contribution in [0.1, 0.15) is 18.9 Å². The summed E-state index contributed by atoms with van der Waals surface area (Å²) in [6.07, 6.45) is 1.20. The molecule has 0 amide bonds. The number of hydrogen-bond acceptors (Lipinski definition) is 3. The summed E-state index contributed by atoms with van der Waals surface area (Å²) in [4.78, 5) is 2.71. The molecule has 17 heavy (non-hydrogen) atoms. The number of anilines is 1. The lowest BCUT2D eigenvalue weighted by Gasteiger charge is -2.19. The average molecular weight is 268 g/mol. The van der Waals surface area contributed by atoms with Crippen molar-refractivity contribution in [2.24, 2.45) is 5.73 Å². The first kappa shape index (κ1) is 14.3. The van der Waals surface area contributed by atoms with Crippen molar-refractivity contribution >= 4 is 34.7 Å². The topological polar surface area (TPSA) is 29.3 Å². The predicted molar refractivity (Wildman–Crippen MR) is 83.2 cm³/mol. The molecule has 1 aromatic rings. The van der Waals surface area contributed by atoms with Crippen LogP contribution in [-0.2, 0) is 0 Å². The summed E-state index contributed by atoms with van der Waals surface area (Å²) in [5.41, 5.74) is 7.75. The summed E-state index contributed by atoms with van der Waals surface area (Å²) in [5, 5.41) is 0. The van der Waals surface area contributed by atoms with Crippen molar-refractivity contribution in [2.75, 3.05) is 30.0 Å². The van der Waals surface area contributed by atoms with Crippen LogP contribution in [0.4, 0.5) is 5.69 Å². The van der Waals surface area contributed by atoms with Crippen LogP contribution >= 0.6 is 24.0 Å². The van der Waals surface area contributed by atoms with Gasteiger partial charge in [0.25, 0.3) is 0 Å². The quantitative estimate of drug-likeness (QED) is 0.608. The van der Waals surface area contributed by atoms with Gasteiger partial charge in [0.15, 0.2) is 0 Å². The van der Waals surface area contributed by atoms with Gasteiger partial charge in [0, 0.05) is 24.8 Å². The largest absolute Gasteiger partial charge is 0.389 e. The van der Waals surface area contributed by atoms with Crippen LogP contribution in [0.15, 0.2) is 24.3 Å². The van der Waals surface area contributed by atoms with E-state index < -0.39 is 0 Å². The molecule has 0 aliphatic carbocycles. The molecule has 0 spiro atoms. The van der Waals surface area contributed by atoms with Crippen LogP contribution in [0, 0.1) is 0 Å². The van der Waals surface area contributed by atoms with E-state index >= 15 is 0 Å². The fraction of sp³-hybridized carbons (Fsp3) is 0.462. The van der Waals surface area contributed by atoms with E-state index in [9.17, 15) is 0 Å². The Morgan fingerprint density at radius 2 is 2.24 bits per heavy atom. The number of rotatable bonds is 7. The molecule has 4 heteroatoms. The number of hydrogen-bond donors (Lipinski definition) is 1. The van der Waals surface area contributed by atoms with E-state index in [1.54, 1.807) is 0 Å². The number of nitrogens with zero attached hydrogens (tertiary/aromatic N) is 1. The van der Waals surface area contributed by atoms with E-state index in [1.807, 2.05) is 23.9 Å². The molecule has 94 valence electrons. The van der Waals surface area contributed by atoms with Gasteiger partial charge in [0.1, 0.15) is 4.99 Å². The molecule has 0 aliphatic heterocycles. The van der Waals surface area contributed by atoms with Gasteiger partial charge >= 0.3 is 0 Å². The number of thioether (sulfide) groups is 1. The van der Waals surface area contributed by atoms with E-state index in [0.717, 1.165) is 12.1 Å². The highest BCUT2D eigenvalue weighted by Crippen LogP contribution is 2.15. The lowest BCUT2D eigenvalue weighted by atomic mass is 10.2. The molecule has 0 saturated carbocycles. The normalized spacial score (nSPS) is 10.2. The van der Waals surface area contributed by atoms with Crippen molar-refractivity contribution in [1.82, 2.24) is 0 Å². The van der Waals surface area contributed by atoms with Crippen LogP contribution in [0.5, 0.6) is 0 Å². The summed E-state index contributed by atoms with van der Waals surface area (Å²) in [6.45, 7) is 3.26. The molecule has 0 radical (unpaired) electrons. The van der Waals surface area contributed by atoms with E-state index in [2.05, 4.69) is 31.0 Å². The molecule has 1 aromatic carbocycles. The lowest BCUT2D eigenvalue weighted by Crippen LogP contribution is -2.20. The minimum absolute atomic E-state index is 0.460. The second kappa shape index (κ2) is 7.56. The third kappa shape index (κ3) is 4.96. The van der Waals surface area contributed by atoms with E-state index in [0.29, 0.717) is 4.99 Å². The summed E-state index contributed by atoms with van der Waals surface area (Å²) < 4.78 is 0. The summed E-state index contributed by atoms with van der Waals surface area (Å²) in [6, 6.07) is 8.10. The van der Waals surface area contributed by atoms with Crippen molar-refractivity contribution in [3.63, 3.8) is 0 Å². The van der Waals surface area contributed by atoms with Gasteiger partial charge in [-0.15, -0.1) is 0 Å². The minimum Gasteiger partial charge on any atom is -0.389 e. The zero-order chi connectivity index (χ0) is 12.7. The molecule has 1 rings (SSSR count). The molecule has 0 bridgehead atoms.